The number of furan rings is 1. The van der Waals surface area contributed by atoms with Gasteiger partial charge in [0.2, 0.25) is 5.69 Å². The molecule has 0 aliphatic heterocycles. The van der Waals surface area contributed by atoms with Gasteiger partial charge < -0.3 is 4.42 Å². The molecule has 0 saturated heterocycles. The maximum absolute atomic E-state index is 14.3. The first kappa shape index (κ1) is 14.4. The topological polar surface area (TPSA) is 40.8 Å². The molecular weight excluding hydrogens is 303 g/mol. The van der Waals surface area contributed by atoms with E-state index in [2.05, 4.69) is 0 Å². The van der Waals surface area contributed by atoms with Crippen molar-refractivity contribution in [2.24, 2.45) is 7.05 Å². The van der Waals surface area contributed by atoms with Gasteiger partial charge in [-0.25, -0.2) is 8.96 Å². The number of nitrogens with zero attached hydrogens (tertiary/aromatic N) is 2. The van der Waals surface area contributed by atoms with E-state index >= 15 is 0 Å². The van der Waals surface area contributed by atoms with Crippen molar-refractivity contribution in [3.05, 3.63) is 65.6 Å². The van der Waals surface area contributed by atoms with Gasteiger partial charge >= 0.3 is 0 Å². The van der Waals surface area contributed by atoms with Crippen molar-refractivity contribution >= 4 is 21.9 Å². The number of aryl methyl sites for hydroxylation is 2. The number of aromatic nitrogens is 1. The lowest BCUT2D eigenvalue weighted by Gasteiger charge is -2.04. The number of hydrogen-bond acceptors (Lipinski definition) is 2. The van der Waals surface area contributed by atoms with E-state index in [0.717, 1.165) is 22.2 Å². The van der Waals surface area contributed by atoms with Crippen LogP contribution in [0.2, 0.25) is 0 Å². The molecule has 0 spiro atoms. The largest absolute Gasteiger partial charge is 0.452 e. The van der Waals surface area contributed by atoms with Crippen molar-refractivity contribution in [2.75, 3.05) is 0 Å². The summed E-state index contributed by atoms with van der Waals surface area (Å²) in [4.78, 5) is 0. The Hall–Kier alpha value is -3.19. The molecule has 0 amide bonds. The zero-order valence-corrected chi connectivity index (χ0v) is 13.3. The van der Waals surface area contributed by atoms with E-state index in [0.29, 0.717) is 11.0 Å². The maximum Gasteiger partial charge on any atom is 0.216 e. The van der Waals surface area contributed by atoms with Gasteiger partial charge in [-0.15, -0.1) is 0 Å². The van der Waals surface area contributed by atoms with Crippen molar-refractivity contribution in [3.8, 4) is 17.3 Å². The average molecular weight is 317 g/mol. The molecule has 0 fully saturated rings. The number of nitriles is 1. The Balaban J connectivity index is 2.18. The quantitative estimate of drug-likeness (QED) is 0.488. The Labute approximate surface area is 138 Å². The minimum absolute atomic E-state index is 0.189. The standard InChI is InChI=1S/C20H14FN2O/c1-12-6-7-14-15-9-13(11-22)10-16(21)19(15)24-20(14)18(12)17-5-3-4-8-23(17)2/h3-10H,1-2H3/q+1. The van der Waals surface area contributed by atoms with Crippen LogP contribution in [0.5, 0.6) is 0 Å². The summed E-state index contributed by atoms with van der Waals surface area (Å²) in [5.74, 6) is -0.513. The lowest BCUT2D eigenvalue weighted by molar-refractivity contribution is -0.660. The highest BCUT2D eigenvalue weighted by Gasteiger charge is 2.21. The second kappa shape index (κ2) is 5.17. The van der Waals surface area contributed by atoms with Gasteiger partial charge in [0.05, 0.1) is 17.2 Å². The zero-order chi connectivity index (χ0) is 16.8. The molecule has 3 nitrogen and oxygen atoms in total. The van der Waals surface area contributed by atoms with Crippen LogP contribution in [-0.4, -0.2) is 0 Å². The molecule has 0 radical (unpaired) electrons. The van der Waals surface area contributed by atoms with E-state index in [4.69, 9.17) is 9.68 Å². The molecule has 0 saturated carbocycles. The molecule has 2 aromatic heterocycles. The van der Waals surface area contributed by atoms with Gasteiger partial charge in [0.25, 0.3) is 0 Å². The fourth-order valence-electron chi connectivity index (χ4n) is 3.16. The predicted octanol–water partition coefficient (Wildman–Crippen LogP) is 4.40. The van der Waals surface area contributed by atoms with Gasteiger partial charge in [0.15, 0.2) is 17.6 Å². The minimum Gasteiger partial charge on any atom is -0.452 e. The van der Waals surface area contributed by atoms with Crippen LogP contribution < -0.4 is 4.57 Å². The average Bonchev–Trinajstić information content (AvgIpc) is 2.95. The van der Waals surface area contributed by atoms with E-state index in [1.807, 2.05) is 61.1 Å². The third-order valence-corrected chi connectivity index (χ3v) is 4.34. The van der Waals surface area contributed by atoms with E-state index < -0.39 is 5.82 Å². The summed E-state index contributed by atoms with van der Waals surface area (Å²) in [5.41, 5.74) is 4.08. The van der Waals surface area contributed by atoms with Crippen molar-refractivity contribution in [1.29, 1.82) is 5.26 Å². The van der Waals surface area contributed by atoms with Crippen molar-refractivity contribution in [3.63, 3.8) is 0 Å². The predicted molar refractivity (Wildman–Crippen MR) is 89.7 cm³/mol. The number of benzene rings is 2. The molecule has 4 heteroatoms. The summed E-state index contributed by atoms with van der Waals surface area (Å²) >= 11 is 0. The Morgan fingerprint density at radius 1 is 1.08 bits per heavy atom. The van der Waals surface area contributed by atoms with Crippen LogP contribution in [-0.2, 0) is 7.05 Å². The van der Waals surface area contributed by atoms with Gasteiger partial charge in [-0.05, 0) is 30.7 Å². The van der Waals surface area contributed by atoms with Gasteiger partial charge in [0, 0.05) is 22.9 Å². The normalized spacial score (nSPS) is 11.1. The molecular formula is C20H14FN2O+. The number of fused-ring (bicyclic) bond motifs is 3. The van der Waals surface area contributed by atoms with Gasteiger partial charge in [-0.2, -0.15) is 5.26 Å². The maximum atomic E-state index is 14.3. The third-order valence-electron chi connectivity index (χ3n) is 4.34. The SMILES string of the molecule is Cc1ccc2c(oc3c(F)cc(C#N)cc32)c1-c1cccc[n+]1C. The Morgan fingerprint density at radius 3 is 2.67 bits per heavy atom. The molecule has 2 heterocycles. The fourth-order valence-corrected chi connectivity index (χ4v) is 3.16. The highest BCUT2D eigenvalue weighted by Crippen LogP contribution is 2.38. The lowest BCUT2D eigenvalue weighted by Crippen LogP contribution is -2.30. The Kier molecular flexibility index (Phi) is 3.10. The first-order chi connectivity index (χ1) is 11.6. The van der Waals surface area contributed by atoms with Crippen LogP contribution in [0.1, 0.15) is 11.1 Å². The molecule has 4 rings (SSSR count). The van der Waals surface area contributed by atoms with E-state index in [-0.39, 0.29) is 11.1 Å². The van der Waals surface area contributed by atoms with Crippen LogP contribution in [0, 0.1) is 24.1 Å². The highest BCUT2D eigenvalue weighted by molar-refractivity contribution is 6.10. The molecule has 4 aromatic rings. The molecule has 0 aliphatic carbocycles. The molecule has 0 atom stereocenters. The van der Waals surface area contributed by atoms with Gasteiger partial charge in [-0.3, -0.25) is 0 Å². The van der Waals surface area contributed by atoms with Crippen LogP contribution in [0.4, 0.5) is 4.39 Å². The van der Waals surface area contributed by atoms with Crippen LogP contribution >= 0.6 is 0 Å². The van der Waals surface area contributed by atoms with E-state index in [1.54, 1.807) is 6.07 Å². The summed E-state index contributed by atoms with van der Waals surface area (Å²) < 4.78 is 22.2. The number of pyridine rings is 1. The van der Waals surface area contributed by atoms with Gasteiger partial charge in [-0.1, -0.05) is 12.1 Å². The summed E-state index contributed by atoms with van der Waals surface area (Å²) in [6.07, 6.45) is 1.96. The summed E-state index contributed by atoms with van der Waals surface area (Å²) in [5, 5.41) is 10.5. The first-order valence-electron chi connectivity index (χ1n) is 7.60. The molecule has 0 unspecified atom stereocenters. The van der Waals surface area contributed by atoms with Crippen LogP contribution in [0.25, 0.3) is 33.2 Å². The first-order valence-corrected chi connectivity index (χ1v) is 7.60. The number of rotatable bonds is 1. The van der Waals surface area contributed by atoms with E-state index in [1.165, 1.54) is 6.07 Å². The molecule has 2 aromatic carbocycles. The number of hydrogen-bond donors (Lipinski definition) is 0. The fraction of sp³-hybridized carbons (Fsp3) is 0.100. The summed E-state index contributed by atoms with van der Waals surface area (Å²) in [7, 11) is 1.96. The number of halogens is 1. The second-order valence-corrected chi connectivity index (χ2v) is 5.88. The van der Waals surface area contributed by atoms with E-state index in [9.17, 15) is 4.39 Å². The molecule has 116 valence electrons. The highest BCUT2D eigenvalue weighted by atomic mass is 19.1. The third kappa shape index (κ3) is 1.99. The summed E-state index contributed by atoms with van der Waals surface area (Å²) in [6.45, 7) is 2.01. The van der Waals surface area contributed by atoms with Crippen molar-refractivity contribution < 1.29 is 13.4 Å². The van der Waals surface area contributed by atoms with Crippen molar-refractivity contribution in [1.82, 2.24) is 0 Å². The van der Waals surface area contributed by atoms with Crippen LogP contribution in [0.15, 0.2) is 53.1 Å². The molecule has 0 bridgehead atoms. The zero-order valence-electron chi connectivity index (χ0n) is 13.3. The van der Waals surface area contributed by atoms with Gasteiger partial charge in [0.1, 0.15) is 12.6 Å². The lowest BCUT2D eigenvalue weighted by atomic mass is 10.0. The monoisotopic (exact) mass is 317 g/mol. The smallest absolute Gasteiger partial charge is 0.216 e. The van der Waals surface area contributed by atoms with Crippen molar-refractivity contribution in [2.45, 2.75) is 6.92 Å². The summed E-state index contributed by atoms with van der Waals surface area (Å²) in [6, 6.07) is 14.7. The molecule has 0 aliphatic rings. The Bertz CT molecular complexity index is 1150. The molecule has 24 heavy (non-hydrogen) atoms. The van der Waals surface area contributed by atoms with Crippen LogP contribution in [0.3, 0.4) is 0 Å². The Morgan fingerprint density at radius 2 is 1.92 bits per heavy atom. The minimum atomic E-state index is -0.513. The second-order valence-electron chi connectivity index (χ2n) is 5.88. The molecule has 0 N–H and O–H groups in total.